The molecule has 2 saturated heterocycles. The van der Waals surface area contributed by atoms with Crippen LogP contribution in [-0.4, -0.2) is 62.5 Å². The van der Waals surface area contributed by atoms with Crippen LogP contribution < -0.4 is 10.2 Å². The molecule has 31 heavy (non-hydrogen) atoms. The molecule has 1 amide bonds. The van der Waals surface area contributed by atoms with Crippen molar-refractivity contribution in [2.45, 2.75) is 32.1 Å². The van der Waals surface area contributed by atoms with Gasteiger partial charge in [0, 0.05) is 44.0 Å². The third kappa shape index (κ3) is 4.32. The molecule has 9 nitrogen and oxygen atoms in total. The topological polar surface area (TPSA) is 105 Å². The summed E-state index contributed by atoms with van der Waals surface area (Å²) in [6.45, 7) is 3.87. The number of H-pyrrole nitrogens is 1. The number of nitrogens with one attached hydrogen (secondary N) is 3. The summed E-state index contributed by atoms with van der Waals surface area (Å²) >= 11 is 0. The van der Waals surface area contributed by atoms with Gasteiger partial charge in [0.2, 0.25) is 11.9 Å². The molecule has 3 aromatic heterocycles. The summed E-state index contributed by atoms with van der Waals surface area (Å²) in [4.78, 5) is 23.2. The van der Waals surface area contributed by atoms with Gasteiger partial charge in [0.05, 0.1) is 23.7 Å². The lowest BCUT2D eigenvalue weighted by Gasteiger charge is -2.32. The number of anilines is 1. The maximum atomic E-state index is 11.5. The van der Waals surface area contributed by atoms with Gasteiger partial charge in [-0.25, -0.2) is 9.50 Å². The van der Waals surface area contributed by atoms with Gasteiger partial charge in [-0.2, -0.15) is 5.10 Å². The van der Waals surface area contributed by atoms with Crippen molar-refractivity contribution < 1.29 is 4.79 Å². The number of hydrogen-bond donors (Lipinski definition) is 3. The number of aromatic nitrogens is 4. The molecular weight excluding hydrogens is 392 g/mol. The van der Waals surface area contributed by atoms with E-state index in [0.717, 1.165) is 43.7 Å². The fourth-order valence-electron chi connectivity index (χ4n) is 4.62. The van der Waals surface area contributed by atoms with Gasteiger partial charge in [-0.3, -0.25) is 15.5 Å². The molecule has 0 radical (unpaired) electrons. The summed E-state index contributed by atoms with van der Waals surface area (Å²) in [5, 5.41) is 15.2. The molecule has 0 spiro atoms. The first-order chi connectivity index (χ1) is 15.2. The van der Waals surface area contributed by atoms with Gasteiger partial charge in [0.25, 0.3) is 0 Å². The summed E-state index contributed by atoms with van der Waals surface area (Å²) in [5.41, 5.74) is 4.36. The minimum atomic E-state index is -0.102. The lowest BCUT2D eigenvalue weighted by Crippen LogP contribution is -2.50. The Bertz CT molecular complexity index is 1060. The van der Waals surface area contributed by atoms with Crippen LogP contribution in [0.4, 0.5) is 5.69 Å². The van der Waals surface area contributed by atoms with Gasteiger partial charge in [-0.1, -0.05) is 0 Å². The standard InChI is InChI=1S/C22H28N8O/c23-22-27-21(31)5-9-29(22)20-14-26-30-10-3-17(12-19(20)30)11-16-1-6-28(7-2-16)8-4-18-13-24-15-25-18/h3,10,12-16H,1-2,4-9,11H2,(H,24,25)(H2,23,27,31). The van der Waals surface area contributed by atoms with Gasteiger partial charge in [-0.05, 0) is 56.0 Å². The highest BCUT2D eigenvalue weighted by Gasteiger charge is 2.24. The number of aromatic amines is 1. The molecule has 3 aromatic rings. The Hall–Kier alpha value is -3.20. The van der Waals surface area contributed by atoms with E-state index >= 15 is 0 Å². The minimum Gasteiger partial charge on any atom is -0.348 e. The lowest BCUT2D eigenvalue weighted by atomic mass is 9.90. The summed E-state index contributed by atoms with van der Waals surface area (Å²) in [6, 6.07) is 4.34. The molecule has 5 heterocycles. The first kappa shape index (κ1) is 19.7. The Labute approximate surface area is 181 Å². The number of carbonyl (C=O) groups excluding carboxylic acids is 1. The van der Waals surface area contributed by atoms with Crippen LogP contribution in [0.25, 0.3) is 5.52 Å². The molecule has 0 aliphatic carbocycles. The number of amides is 1. The van der Waals surface area contributed by atoms with Crippen molar-refractivity contribution in [1.82, 2.24) is 29.8 Å². The average Bonchev–Trinajstić information content (AvgIpc) is 3.43. The Kier molecular flexibility index (Phi) is 5.42. The number of carbonyl (C=O) groups is 1. The lowest BCUT2D eigenvalue weighted by molar-refractivity contribution is -0.119. The van der Waals surface area contributed by atoms with Crippen molar-refractivity contribution in [1.29, 1.82) is 5.41 Å². The number of rotatable bonds is 6. The molecule has 3 N–H and O–H groups in total. The quantitative estimate of drug-likeness (QED) is 0.564. The second-order valence-electron chi connectivity index (χ2n) is 8.51. The highest BCUT2D eigenvalue weighted by Crippen LogP contribution is 2.27. The van der Waals surface area contributed by atoms with Gasteiger partial charge in [0.15, 0.2) is 0 Å². The van der Waals surface area contributed by atoms with E-state index in [2.05, 4.69) is 37.4 Å². The average molecular weight is 421 g/mol. The fraction of sp³-hybridized carbons (Fsp3) is 0.455. The van der Waals surface area contributed by atoms with E-state index in [-0.39, 0.29) is 11.9 Å². The number of pyridine rings is 1. The predicted molar refractivity (Wildman–Crippen MR) is 118 cm³/mol. The second kappa shape index (κ2) is 8.50. The SMILES string of the molecule is N=C1NC(=O)CCN1c1cnn2ccc(CC3CCN(CCc4cnc[nH]4)CC3)cc12. The van der Waals surface area contributed by atoms with Crippen molar-refractivity contribution >= 4 is 23.1 Å². The molecule has 9 heteroatoms. The van der Waals surface area contributed by atoms with E-state index in [4.69, 9.17) is 5.41 Å². The van der Waals surface area contributed by atoms with E-state index in [9.17, 15) is 4.79 Å². The van der Waals surface area contributed by atoms with Crippen molar-refractivity contribution in [3.63, 3.8) is 0 Å². The molecule has 2 fully saturated rings. The molecule has 2 aliphatic heterocycles. The van der Waals surface area contributed by atoms with Crippen molar-refractivity contribution in [3.05, 3.63) is 48.3 Å². The van der Waals surface area contributed by atoms with Crippen LogP contribution in [0, 0.1) is 11.3 Å². The maximum Gasteiger partial charge on any atom is 0.228 e. The molecule has 0 bridgehead atoms. The van der Waals surface area contributed by atoms with Crippen molar-refractivity contribution in [3.8, 4) is 0 Å². The first-order valence-electron chi connectivity index (χ1n) is 11.0. The smallest absolute Gasteiger partial charge is 0.228 e. The van der Waals surface area contributed by atoms with Crippen LogP contribution in [0.3, 0.4) is 0 Å². The number of fused-ring (bicyclic) bond motifs is 1. The maximum absolute atomic E-state index is 11.5. The van der Waals surface area contributed by atoms with Crippen molar-refractivity contribution in [2.24, 2.45) is 5.92 Å². The molecule has 0 aromatic carbocycles. The highest BCUT2D eigenvalue weighted by atomic mass is 16.2. The Morgan fingerprint density at radius 3 is 2.84 bits per heavy atom. The van der Waals surface area contributed by atoms with Crippen LogP contribution in [0.1, 0.15) is 30.5 Å². The summed E-state index contributed by atoms with van der Waals surface area (Å²) in [6.07, 6.45) is 12.3. The number of nitrogens with zero attached hydrogens (tertiary/aromatic N) is 5. The molecule has 2 aliphatic rings. The third-order valence-corrected chi connectivity index (χ3v) is 6.43. The zero-order chi connectivity index (χ0) is 21.2. The Morgan fingerprint density at radius 1 is 1.19 bits per heavy atom. The van der Waals surface area contributed by atoms with Gasteiger partial charge in [-0.15, -0.1) is 0 Å². The summed E-state index contributed by atoms with van der Waals surface area (Å²) in [5.74, 6) is 0.707. The van der Waals surface area contributed by atoms with Crippen LogP contribution in [-0.2, 0) is 17.6 Å². The number of guanidine groups is 1. The largest absolute Gasteiger partial charge is 0.348 e. The van der Waals surface area contributed by atoms with Crippen LogP contribution >= 0.6 is 0 Å². The van der Waals surface area contributed by atoms with Gasteiger partial charge in [0.1, 0.15) is 0 Å². The van der Waals surface area contributed by atoms with E-state index in [1.807, 2.05) is 21.8 Å². The van der Waals surface area contributed by atoms with Crippen molar-refractivity contribution in [2.75, 3.05) is 31.1 Å². The molecule has 0 saturated carbocycles. The third-order valence-electron chi connectivity index (χ3n) is 6.43. The Balaban J connectivity index is 1.21. The molecule has 5 rings (SSSR count). The number of piperidine rings is 1. The van der Waals surface area contributed by atoms with Gasteiger partial charge < -0.3 is 14.8 Å². The molecule has 0 atom stereocenters. The number of imidazole rings is 1. The van der Waals surface area contributed by atoms with Gasteiger partial charge >= 0.3 is 0 Å². The molecular formula is C22H28N8O. The summed E-state index contributed by atoms with van der Waals surface area (Å²) < 4.78 is 1.85. The van der Waals surface area contributed by atoms with E-state index in [0.29, 0.717) is 18.9 Å². The molecule has 162 valence electrons. The summed E-state index contributed by atoms with van der Waals surface area (Å²) in [7, 11) is 0. The van der Waals surface area contributed by atoms with E-state index < -0.39 is 0 Å². The zero-order valence-corrected chi connectivity index (χ0v) is 17.5. The highest BCUT2D eigenvalue weighted by molar-refractivity contribution is 6.08. The monoisotopic (exact) mass is 420 g/mol. The number of hydrogen-bond acceptors (Lipinski definition) is 5. The number of likely N-dealkylation sites (tertiary alicyclic amines) is 1. The minimum absolute atomic E-state index is 0.102. The Morgan fingerprint density at radius 2 is 2.06 bits per heavy atom. The second-order valence-corrected chi connectivity index (χ2v) is 8.51. The van der Waals surface area contributed by atoms with Crippen LogP contribution in [0.5, 0.6) is 0 Å². The first-order valence-corrected chi connectivity index (χ1v) is 11.0. The predicted octanol–water partition coefficient (Wildman–Crippen LogP) is 1.82. The normalized spacial score (nSPS) is 18.6. The van der Waals surface area contributed by atoms with Crippen LogP contribution in [0.15, 0.2) is 37.1 Å². The van der Waals surface area contributed by atoms with E-state index in [1.165, 1.54) is 24.1 Å². The van der Waals surface area contributed by atoms with Crippen LogP contribution in [0.2, 0.25) is 0 Å². The fourth-order valence-corrected chi connectivity index (χ4v) is 4.62. The van der Waals surface area contributed by atoms with E-state index in [1.54, 1.807) is 12.5 Å². The molecule has 0 unspecified atom stereocenters. The zero-order valence-electron chi connectivity index (χ0n) is 17.5.